The van der Waals surface area contributed by atoms with Crippen LogP contribution in [0.3, 0.4) is 0 Å². The van der Waals surface area contributed by atoms with Crippen molar-refractivity contribution in [1.82, 2.24) is 0 Å². The van der Waals surface area contributed by atoms with Gasteiger partial charge >= 0.3 is 0 Å². The van der Waals surface area contributed by atoms with Crippen LogP contribution in [-0.2, 0) is 0 Å². The highest BCUT2D eigenvalue weighted by molar-refractivity contribution is 5.22. The summed E-state index contributed by atoms with van der Waals surface area (Å²) in [6.45, 7) is 0.107. The van der Waals surface area contributed by atoms with Gasteiger partial charge in [-0.05, 0) is 30.7 Å². The maximum absolute atomic E-state index is 9.16. The molecule has 1 aliphatic rings. The van der Waals surface area contributed by atoms with Crippen LogP contribution in [0.5, 0.6) is 0 Å². The van der Waals surface area contributed by atoms with E-state index in [4.69, 9.17) is 10.8 Å². The third-order valence-electron chi connectivity index (χ3n) is 3.23. The van der Waals surface area contributed by atoms with Gasteiger partial charge in [0.15, 0.2) is 0 Å². The Bertz CT molecular complexity index is 298. The van der Waals surface area contributed by atoms with Crippen molar-refractivity contribution >= 4 is 0 Å². The van der Waals surface area contributed by atoms with Gasteiger partial charge in [0.25, 0.3) is 0 Å². The molecule has 0 aromatic heterocycles. The van der Waals surface area contributed by atoms with Crippen molar-refractivity contribution in [3.05, 3.63) is 35.9 Å². The second-order valence-electron chi connectivity index (χ2n) is 4.37. The van der Waals surface area contributed by atoms with Gasteiger partial charge in [0.05, 0.1) is 6.61 Å². The van der Waals surface area contributed by atoms with Gasteiger partial charge in [-0.1, -0.05) is 30.3 Å². The molecular formula is C12H17NO. The molecule has 0 spiro atoms. The Balaban J connectivity index is 2.10. The number of hydrogen-bond acceptors (Lipinski definition) is 2. The molecule has 2 rings (SSSR count). The van der Waals surface area contributed by atoms with Crippen molar-refractivity contribution in [2.45, 2.75) is 30.7 Å². The van der Waals surface area contributed by atoms with E-state index in [0.717, 1.165) is 19.3 Å². The first kappa shape index (κ1) is 9.69. The molecule has 0 bridgehead atoms. The fourth-order valence-electron chi connectivity index (χ4n) is 2.31. The van der Waals surface area contributed by atoms with E-state index in [9.17, 15) is 0 Å². The van der Waals surface area contributed by atoms with Crippen LogP contribution in [0.15, 0.2) is 30.3 Å². The SMILES string of the molecule is N[C@@]1(CO)CC[C@H](c2ccccc2)C1. The van der Waals surface area contributed by atoms with Gasteiger partial charge < -0.3 is 10.8 Å². The highest BCUT2D eigenvalue weighted by atomic mass is 16.3. The van der Waals surface area contributed by atoms with E-state index in [2.05, 4.69) is 24.3 Å². The number of hydrogen-bond donors (Lipinski definition) is 2. The summed E-state index contributed by atoms with van der Waals surface area (Å²) in [5.74, 6) is 0.536. The zero-order chi connectivity index (χ0) is 10.0. The summed E-state index contributed by atoms with van der Waals surface area (Å²) in [6.07, 6.45) is 2.94. The molecule has 1 saturated carbocycles. The number of aliphatic hydroxyl groups is 1. The summed E-state index contributed by atoms with van der Waals surface area (Å²) in [5.41, 5.74) is 7.06. The molecule has 1 aliphatic carbocycles. The van der Waals surface area contributed by atoms with E-state index in [1.807, 2.05) is 6.07 Å². The molecule has 1 aromatic carbocycles. The zero-order valence-corrected chi connectivity index (χ0v) is 8.32. The Hall–Kier alpha value is -0.860. The first-order chi connectivity index (χ1) is 6.73. The van der Waals surface area contributed by atoms with Gasteiger partial charge in [-0.2, -0.15) is 0 Å². The fourth-order valence-corrected chi connectivity index (χ4v) is 2.31. The van der Waals surface area contributed by atoms with Crippen LogP contribution in [0, 0.1) is 0 Å². The smallest absolute Gasteiger partial charge is 0.0611 e. The molecule has 2 nitrogen and oxygen atoms in total. The van der Waals surface area contributed by atoms with Crippen LogP contribution in [0.2, 0.25) is 0 Å². The molecule has 0 aliphatic heterocycles. The van der Waals surface area contributed by atoms with Gasteiger partial charge in [0, 0.05) is 5.54 Å². The molecule has 3 N–H and O–H groups in total. The van der Waals surface area contributed by atoms with Crippen molar-refractivity contribution < 1.29 is 5.11 Å². The summed E-state index contributed by atoms with van der Waals surface area (Å²) in [4.78, 5) is 0. The van der Waals surface area contributed by atoms with Crippen LogP contribution >= 0.6 is 0 Å². The molecule has 0 heterocycles. The van der Waals surface area contributed by atoms with Crippen LogP contribution in [0.25, 0.3) is 0 Å². The van der Waals surface area contributed by atoms with E-state index >= 15 is 0 Å². The third-order valence-corrected chi connectivity index (χ3v) is 3.23. The topological polar surface area (TPSA) is 46.2 Å². The molecule has 14 heavy (non-hydrogen) atoms. The van der Waals surface area contributed by atoms with Crippen LogP contribution < -0.4 is 5.73 Å². The van der Waals surface area contributed by atoms with Crippen molar-refractivity contribution in [2.75, 3.05) is 6.61 Å². The molecule has 2 atom stereocenters. The first-order valence-electron chi connectivity index (χ1n) is 5.18. The van der Waals surface area contributed by atoms with Gasteiger partial charge in [-0.3, -0.25) is 0 Å². The Morgan fingerprint density at radius 2 is 2.07 bits per heavy atom. The van der Waals surface area contributed by atoms with Gasteiger partial charge in [0.1, 0.15) is 0 Å². The van der Waals surface area contributed by atoms with Crippen molar-refractivity contribution in [1.29, 1.82) is 0 Å². The number of aliphatic hydroxyl groups excluding tert-OH is 1. The lowest BCUT2D eigenvalue weighted by Crippen LogP contribution is -2.40. The average Bonchev–Trinajstić information content (AvgIpc) is 2.63. The predicted molar refractivity (Wildman–Crippen MR) is 57.0 cm³/mol. The molecule has 2 heteroatoms. The lowest BCUT2D eigenvalue weighted by Gasteiger charge is -2.20. The quantitative estimate of drug-likeness (QED) is 0.746. The highest BCUT2D eigenvalue weighted by Crippen LogP contribution is 2.39. The van der Waals surface area contributed by atoms with Gasteiger partial charge in [-0.25, -0.2) is 0 Å². The van der Waals surface area contributed by atoms with E-state index in [1.165, 1.54) is 5.56 Å². The lowest BCUT2D eigenvalue weighted by molar-refractivity contribution is 0.198. The summed E-state index contributed by atoms with van der Waals surface area (Å²) in [7, 11) is 0. The Labute approximate surface area is 84.7 Å². The minimum absolute atomic E-state index is 0.107. The largest absolute Gasteiger partial charge is 0.394 e. The Morgan fingerprint density at radius 3 is 2.64 bits per heavy atom. The molecule has 0 radical (unpaired) electrons. The maximum Gasteiger partial charge on any atom is 0.0611 e. The third kappa shape index (κ3) is 1.81. The monoisotopic (exact) mass is 191 g/mol. The number of benzene rings is 1. The first-order valence-corrected chi connectivity index (χ1v) is 5.18. The normalized spacial score (nSPS) is 32.0. The second kappa shape index (κ2) is 3.71. The fraction of sp³-hybridized carbons (Fsp3) is 0.500. The van der Waals surface area contributed by atoms with Gasteiger partial charge in [-0.15, -0.1) is 0 Å². The van der Waals surface area contributed by atoms with E-state index in [-0.39, 0.29) is 12.1 Å². The molecular weight excluding hydrogens is 174 g/mol. The standard InChI is InChI=1S/C12H17NO/c13-12(9-14)7-6-11(8-12)10-4-2-1-3-5-10/h1-5,11,14H,6-9,13H2/t11-,12-/m0/s1. The summed E-state index contributed by atoms with van der Waals surface area (Å²) in [5, 5.41) is 9.16. The van der Waals surface area contributed by atoms with E-state index < -0.39 is 0 Å². The van der Waals surface area contributed by atoms with Crippen molar-refractivity contribution in [3.63, 3.8) is 0 Å². The summed E-state index contributed by atoms with van der Waals surface area (Å²) < 4.78 is 0. The minimum Gasteiger partial charge on any atom is -0.394 e. The molecule has 0 amide bonds. The summed E-state index contributed by atoms with van der Waals surface area (Å²) in [6, 6.07) is 10.4. The molecule has 1 fully saturated rings. The van der Waals surface area contributed by atoms with Gasteiger partial charge in [0.2, 0.25) is 0 Å². The average molecular weight is 191 g/mol. The number of nitrogens with two attached hydrogens (primary N) is 1. The van der Waals surface area contributed by atoms with E-state index in [1.54, 1.807) is 0 Å². The summed E-state index contributed by atoms with van der Waals surface area (Å²) >= 11 is 0. The highest BCUT2D eigenvalue weighted by Gasteiger charge is 2.35. The van der Waals surface area contributed by atoms with Crippen LogP contribution in [0.1, 0.15) is 30.7 Å². The minimum atomic E-state index is -0.333. The second-order valence-corrected chi connectivity index (χ2v) is 4.37. The Morgan fingerprint density at radius 1 is 1.36 bits per heavy atom. The van der Waals surface area contributed by atoms with Crippen LogP contribution in [0.4, 0.5) is 0 Å². The van der Waals surface area contributed by atoms with Crippen molar-refractivity contribution in [2.24, 2.45) is 5.73 Å². The molecule has 76 valence electrons. The van der Waals surface area contributed by atoms with Crippen molar-refractivity contribution in [3.8, 4) is 0 Å². The zero-order valence-electron chi connectivity index (χ0n) is 8.32. The number of rotatable bonds is 2. The molecule has 0 saturated heterocycles. The van der Waals surface area contributed by atoms with Crippen LogP contribution in [-0.4, -0.2) is 17.3 Å². The van der Waals surface area contributed by atoms with E-state index in [0.29, 0.717) is 5.92 Å². The molecule has 1 aromatic rings. The Kier molecular flexibility index (Phi) is 2.57. The predicted octanol–water partition coefficient (Wildman–Crippen LogP) is 1.64. The lowest BCUT2D eigenvalue weighted by atomic mass is 9.94. The molecule has 0 unspecified atom stereocenters. The maximum atomic E-state index is 9.16.